The smallest absolute Gasteiger partial charge is 0.251 e. The molecule has 1 saturated carbocycles. The second-order valence-electron chi connectivity index (χ2n) is 6.48. The first-order valence-electron chi connectivity index (χ1n) is 8.31. The molecule has 0 radical (unpaired) electrons. The molecule has 2 heterocycles. The van der Waals surface area contributed by atoms with Crippen LogP contribution in [0, 0.1) is 5.92 Å². The Balaban J connectivity index is 1.33. The molecule has 5 nitrogen and oxygen atoms in total. The van der Waals surface area contributed by atoms with E-state index >= 15 is 0 Å². The SMILES string of the molecule is O=C(N[C@@H]1CCc2nccn2C1)c1ccc(OCC2CC2)cc1. The van der Waals surface area contributed by atoms with Gasteiger partial charge in [-0.25, -0.2) is 4.98 Å². The maximum absolute atomic E-state index is 12.4. The number of hydrogen-bond acceptors (Lipinski definition) is 3. The van der Waals surface area contributed by atoms with Crippen molar-refractivity contribution in [3.05, 3.63) is 48.0 Å². The molecule has 1 atom stereocenters. The summed E-state index contributed by atoms with van der Waals surface area (Å²) in [6.45, 7) is 1.59. The largest absolute Gasteiger partial charge is 0.493 e. The zero-order chi connectivity index (χ0) is 15.6. The first kappa shape index (κ1) is 14.3. The number of aryl methyl sites for hydroxylation is 1. The van der Waals surface area contributed by atoms with E-state index in [1.807, 2.05) is 36.7 Å². The summed E-state index contributed by atoms with van der Waals surface area (Å²) in [4.78, 5) is 16.7. The molecule has 1 aromatic heterocycles. The zero-order valence-electron chi connectivity index (χ0n) is 13.1. The summed E-state index contributed by atoms with van der Waals surface area (Å²) < 4.78 is 7.82. The maximum atomic E-state index is 12.4. The summed E-state index contributed by atoms with van der Waals surface area (Å²) in [6.07, 6.45) is 8.19. The van der Waals surface area contributed by atoms with Gasteiger partial charge >= 0.3 is 0 Å². The van der Waals surface area contributed by atoms with E-state index in [1.54, 1.807) is 0 Å². The molecule has 2 aromatic rings. The molecule has 23 heavy (non-hydrogen) atoms. The van der Waals surface area contributed by atoms with Gasteiger partial charge in [0.25, 0.3) is 5.91 Å². The first-order valence-corrected chi connectivity index (χ1v) is 8.31. The third kappa shape index (κ3) is 3.38. The van der Waals surface area contributed by atoms with Crippen molar-refractivity contribution in [1.82, 2.24) is 14.9 Å². The number of benzene rings is 1. The van der Waals surface area contributed by atoms with Crippen LogP contribution in [0.5, 0.6) is 5.75 Å². The number of carbonyl (C=O) groups excluding carboxylic acids is 1. The van der Waals surface area contributed by atoms with E-state index in [2.05, 4.69) is 14.9 Å². The summed E-state index contributed by atoms with van der Waals surface area (Å²) >= 11 is 0. The van der Waals surface area contributed by atoms with Crippen LogP contribution in [0.4, 0.5) is 0 Å². The lowest BCUT2D eigenvalue weighted by atomic mass is 10.1. The molecule has 0 saturated heterocycles. The molecule has 0 unspecified atom stereocenters. The van der Waals surface area contributed by atoms with E-state index in [0.29, 0.717) is 5.56 Å². The Morgan fingerprint density at radius 3 is 2.87 bits per heavy atom. The van der Waals surface area contributed by atoms with Crippen LogP contribution >= 0.6 is 0 Å². The third-order valence-corrected chi connectivity index (χ3v) is 4.57. The predicted molar refractivity (Wildman–Crippen MR) is 86.5 cm³/mol. The Labute approximate surface area is 135 Å². The number of nitrogens with one attached hydrogen (secondary N) is 1. The highest BCUT2D eigenvalue weighted by molar-refractivity contribution is 5.94. The van der Waals surface area contributed by atoms with Gasteiger partial charge in [0.05, 0.1) is 6.61 Å². The Hall–Kier alpha value is -2.30. The Bertz CT molecular complexity index is 689. The van der Waals surface area contributed by atoms with Gasteiger partial charge in [-0.2, -0.15) is 0 Å². The number of hydrogen-bond donors (Lipinski definition) is 1. The van der Waals surface area contributed by atoms with Crippen LogP contribution in [0.25, 0.3) is 0 Å². The first-order chi connectivity index (χ1) is 11.3. The maximum Gasteiger partial charge on any atom is 0.251 e. The predicted octanol–water partition coefficient (Wildman–Crippen LogP) is 2.42. The molecule has 1 aliphatic heterocycles. The van der Waals surface area contributed by atoms with Crippen LogP contribution in [0.15, 0.2) is 36.7 Å². The van der Waals surface area contributed by atoms with Gasteiger partial charge in [-0.05, 0) is 49.4 Å². The molecule has 1 fully saturated rings. The van der Waals surface area contributed by atoms with Gasteiger partial charge in [0.2, 0.25) is 0 Å². The fourth-order valence-corrected chi connectivity index (χ4v) is 2.95. The summed E-state index contributed by atoms with van der Waals surface area (Å²) in [5, 5.41) is 3.12. The second kappa shape index (κ2) is 6.07. The lowest BCUT2D eigenvalue weighted by molar-refractivity contribution is 0.0927. The molecular weight excluding hydrogens is 290 g/mol. The van der Waals surface area contributed by atoms with Crippen LogP contribution in [0.1, 0.15) is 35.4 Å². The number of nitrogens with zero attached hydrogens (tertiary/aromatic N) is 2. The molecule has 120 valence electrons. The summed E-state index contributed by atoms with van der Waals surface area (Å²) in [5.74, 6) is 2.66. The van der Waals surface area contributed by atoms with Crippen LogP contribution in [0.2, 0.25) is 0 Å². The van der Waals surface area contributed by atoms with Gasteiger partial charge in [0.1, 0.15) is 11.6 Å². The quantitative estimate of drug-likeness (QED) is 0.922. The highest BCUT2D eigenvalue weighted by Gasteiger charge is 2.22. The molecule has 4 rings (SSSR count). The van der Waals surface area contributed by atoms with Crippen LogP contribution in [0.3, 0.4) is 0 Å². The number of ether oxygens (including phenoxy) is 1. The van der Waals surface area contributed by atoms with E-state index in [0.717, 1.165) is 43.5 Å². The Morgan fingerprint density at radius 2 is 2.09 bits per heavy atom. The van der Waals surface area contributed by atoms with E-state index in [-0.39, 0.29) is 11.9 Å². The van der Waals surface area contributed by atoms with Crippen LogP contribution in [-0.2, 0) is 13.0 Å². The molecule has 0 bridgehead atoms. The van der Waals surface area contributed by atoms with Crippen molar-refractivity contribution in [2.24, 2.45) is 5.92 Å². The highest BCUT2D eigenvalue weighted by atomic mass is 16.5. The van der Waals surface area contributed by atoms with Crippen LogP contribution < -0.4 is 10.1 Å². The minimum atomic E-state index is -0.0210. The minimum absolute atomic E-state index is 0.0210. The van der Waals surface area contributed by atoms with Crippen molar-refractivity contribution in [3.63, 3.8) is 0 Å². The van der Waals surface area contributed by atoms with Gasteiger partial charge in [0.15, 0.2) is 0 Å². The van der Waals surface area contributed by atoms with E-state index in [4.69, 9.17) is 4.74 Å². The van der Waals surface area contributed by atoms with Gasteiger partial charge in [-0.1, -0.05) is 0 Å². The van der Waals surface area contributed by atoms with Crippen LogP contribution in [-0.4, -0.2) is 28.1 Å². The fourth-order valence-electron chi connectivity index (χ4n) is 2.95. The monoisotopic (exact) mass is 311 g/mol. The van der Waals surface area contributed by atoms with Crippen molar-refractivity contribution in [1.29, 1.82) is 0 Å². The Morgan fingerprint density at radius 1 is 1.26 bits per heavy atom. The number of carbonyl (C=O) groups is 1. The second-order valence-corrected chi connectivity index (χ2v) is 6.48. The number of aromatic nitrogens is 2. The molecule has 0 spiro atoms. The normalized spacial score (nSPS) is 19.9. The number of imidazole rings is 1. The van der Waals surface area contributed by atoms with Gasteiger partial charge in [0, 0.05) is 37.0 Å². The topological polar surface area (TPSA) is 56.2 Å². The standard InChI is InChI=1S/C18H21N3O2/c22-18(20-15-5-8-17-19-9-10-21(17)11-15)14-3-6-16(7-4-14)23-12-13-1-2-13/h3-4,6-7,9-10,13,15H,1-2,5,8,11-12H2,(H,20,22)/t15-/m1/s1. The molecule has 1 N–H and O–H groups in total. The van der Waals surface area contributed by atoms with Gasteiger partial charge < -0.3 is 14.6 Å². The molecule has 1 aromatic carbocycles. The van der Waals surface area contributed by atoms with Gasteiger partial charge in [-0.3, -0.25) is 4.79 Å². The Kier molecular flexibility index (Phi) is 3.77. The average Bonchev–Trinajstić information content (AvgIpc) is 3.29. The van der Waals surface area contributed by atoms with Gasteiger partial charge in [-0.15, -0.1) is 0 Å². The van der Waals surface area contributed by atoms with Crippen molar-refractivity contribution in [2.45, 2.75) is 38.3 Å². The molecule has 2 aliphatic rings. The van der Waals surface area contributed by atoms with Crippen molar-refractivity contribution in [2.75, 3.05) is 6.61 Å². The highest BCUT2D eigenvalue weighted by Crippen LogP contribution is 2.29. The molecule has 5 heteroatoms. The molecule has 1 amide bonds. The lowest BCUT2D eigenvalue weighted by Crippen LogP contribution is -2.40. The molecular formula is C18H21N3O2. The lowest BCUT2D eigenvalue weighted by Gasteiger charge is -2.24. The summed E-state index contributed by atoms with van der Waals surface area (Å²) in [6, 6.07) is 7.60. The zero-order valence-corrected chi connectivity index (χ0v) is 13.1. The van der Waals surface area contributed by atoms with Crippen molar-refractivity contribution >= 4 is 5.91 Å². The average molecular weight is 311 g/mol. The van der Waals surface area contributed by atoms with E-state index < -0.39 is 0 Å². The molecule has 1 aliphatic carbocycles. The van der Waals surface area contributed by atoms with E-state index in [1.165, 1.54) is 12.8 Å². The number of fused-ring (bicyclic) bond motifs is 1. The number of rotatable bonds is 5. The third-order valence-electron chi connectivity index (χ3n) is 4.57. The fraction of sp³-hybridized carbons (Fsp3) is 0.444. The van der Waals surface area contributed by atoms with E-state index in [9.17, 15) is 4.79 Å². The summed E-state index contributed by atoms with van der Waals surface area (Å²) in [7, 11) is 0. The minimum Gasteiger partial charge on any atom is -0.493 e. The number of amides is 1. The summed E-state index contributed by atoms with van der Waals surface area (Å²) in [5.41, 5.74) is 0.681. The van der Waals surface area contributed by atoms with Crippen molar-refractivity contribution in [3.8, 4) is 5.75 Å². The van der Waals surface area contributed by atoms with Crippen molar-refractivity contribution < 1.29 is 9.53 Å².